The largest absolute Gasteiger partial charge is 0.648 e. The maximum atomic E-state index is 6.30. The molecule has 3 aliphatic rings. The van der Waals surface area contributed by atoms with E-state index < -0.39 is 20.5 Å². The van der Waals surface area contributed by atoms with Crippen molar-refractivity contribution in [1.29, 1.82) is 0 Å². The molecule has 174 valence electrons. The summed E-state index contributed by atoms with van der Waals surface area (Å²) in [7, 11) is -1.20. The number of benzene rings is 3. The molecule has 3 aromatic carbocycles. The van der Waals surface area contributed by atoms with Gasteiger partial charge in [-0.3, -0.25) is 0 Å². The second-order valence-electron chi connectivity index (χ2n) is 7.56. The topological polar surface area (TPSA) is 63.8 Å². The zero-order valence-corrected chi connectivity index (χ0v) is 22.4. The van der Waals surface area contributed by atoms with Crippen molar-refractivity contribution in [1.82, 2.24) is 0 Å². The fraction of sp³-hybridized carbons (Fsp3) is 0.143. The number of rotatable bonds is 6. The number of hydrogen-bond acceptors (Lipinski definition) is 12. The summed E-state index contributed by atoms with van der Waals surface area (Å²) in [5.74, 6) is 0. The minimum absolute atomic E-state index is 0.920. The highest BCUT2D eigenvalue weighted by atomic mass is 32.2. The van der Waals surface area contributed by atoms with Crippen molar-refractivity contribution < 1.29 is 14.0 Å². The van der Waals surface area contributed by atoms with Gasteiger partial charge in [0.1, 0.15) is 0 Å². The lowest BCUT2D eigenvalue weighted by Gasteiger charge is -2.34. The maximum absolute atomic E-state index is 6.30. The van der Waals surface area contributed by atoms with Crippen molar-refractivity contribution in [2.24, 2.45) is 0 Å². The summed E-state index contributed by atoms with van der Waals surface area (Å²) in [5, 5.41) is 9.87. The molecule has 0 aromatic heterocycles. The van der Waals surface area contributed by atoms with E-state index in [2.05, 4.69) is 16.0 Å². The molecule has 3 aliphatic heterocycles. The minimum Gasteiger partial charge on any atom is -0.345 e. The Hall–Kier alpha value is -0.895. The second-order valence-corrected chi connectivity index (χ2v) is 14.0. The van der Waals surface area contributed by atoms with Crippen molar-refractivity contribution in [2.45, 2.75) is 27.9 Å². The average Bonchev–Trinajstić information content (AvgIpc) is 3.40. The fourth-order valence-corrected chi connectivity index (χ4v) is 8.02. The molecule has 0 aliphatic carbocycles. The molecule has 6 rings (SSSR count). The molecule has 0 spiro atoms. The quantitative estimate of drug-likeness (QED) is 0.118. The molecule has 0 saturated heterocycles. The molecular formula is C21H18BN3O3S6. The van der Waals surface area contributed by atoms with E-state index in [0.29, 0.717) is 0 Å². The summed E-state index contributed by atoms with van der Waals surface area (Å²) >= 11 is 18.6. The minimum atomic E-state index is -1.20. The van der Waals surface area contributed by atoms with Gasteiger partial charge in [0.05, 0.1) is 17.1 Å². The van der Waals surface area contributed by atoms with Crippen LogP contribution < -0.4 is 16.0 Å². The lowest BCUT2D eigenvalue weighted by Crippen LogP contribution is -2.48. The Morgan fingerprint density at radius 2 is 0.824 bits per heavy atom. The van der Waals surface area contributed by atoms with Gasteiger partial charge < -0.3 is 29.9 Å². The van der Waals surface area contributed by atoms with E-state index in [1.165, 1.54) is 35.3 Å². The normalized spacial score (nSPS) is 28.3. The van der Waals surface area contributed by atoms with Crippen LogP contribution >= 0.6 is 73.2 Å². The predicted octanol–water partition coefficient (Wildman–Crippen LogP) is 6.30. The highest BCUT2D eigenvalue weighted by Crippen LogP contribution is 2.53. The van der Waals surface area contributed by atoms with Crippen LogP contribution in [-0.4, -0.2) is 20.5 Å². The van der Waals surface area contributed by atoms with Crippen LogP contribution in [0.25, 0.3) is 0 Å². The summed E-state index contributed by atoms with van der Waals surface area (Å²) in [6.07, 6.45) is 0. The van der Waals surface area contributed by atoms with E-state index in [0.717, 1.165) is 31.7 Å². The van der Waals surface area contributed by atoms with Gasteiger partial charge in [-0.2, -0.15) is 0 Å². The number of thioether (sulfide) groups is 3. The van der Waals surface area contributed by atoms with Crippen molar-refractivity contribution >= 4 is 97.6 Å². The molecule has 3 aromatic rings. The molecule has 3 N–H and O–H groups in total. The molecule has 0 bridgehead atoms. The lowest BCUT2D eigenvalue weighted by molar-refractivity contribution is 0.0656. The molecular weight excluding hydrogens is 545 g/mol. The molecule has 0 radical (unpaired) electrons. The third-order valence-electron chi connectivity index (χ3n) is 5.05. The molecule has 6 nitrogen and oxygen atoms in total. The van der Waals surface area contributed by atoms with Gasteiger partial charge >= 0.3 is 7.32 Å². The van der Waals surface area contributed by atoms with Crippen LogP contribution in [0.2, 0.25) is 0 Å². The van der Waals surface area contributed by atoms with Crippen molar-refractivity contribution in [3.63, 3.8) is 0 Å². The first-order chi connectivity index (χ1) is 16.3. The first-order valence-electron chi connectivity index (χ1n) is 10.2. The van der Waals surface area contributed by atoms with E-state index >= 15 is 0 Å². The third-order valence-corrected chi connectivity index (χ3v) is 9.68. The number of hydrogen-bond donors (Lipinski definition) is 6. The molecule has 3 unspecified atom stereocenters. The van der Waals surface area contributed by atoms with Gasteiger partial charge in [0.15, 0.2) is 0 Å². The molecule has 34 heavy (non-hydrogen) atoms. The molecule has 3 heterocycles. The first-order valence-corrected chi connectivity index (χ1v) is 14.0. The number of anilines is 3. The van der Waals surface area contributed by atoms with E-state index in [1.54, 1.807) is 0 Å². The Morgan fingerprint density at radius 3 is 1.12 bits per heavy atom. The second kappa shape index (κ2) is 8.89. The van der Waals surface area contributed by atoms with Gasteiger partial charge in [-0.1, -0.05) is 71.7 Å². The standard InChI is InChI=1S/C21H18BN3O3S6/c29-19(23-13-7-1-4-10-16(13)32-19)26-22(27-20(30)24-14-8-2-5-11-17(14)33-20)28-21(31)25-15-9-3-6-12-18(15)34-21/h1-12,23-25,29-31H. The van der Waals surface area contributed by atoms with Gasteiger partial charge in [-0.05, 0) is 36.4 Å². The van der Waals surface area contributed by atoms with Crippen LogP contribution in [0.5, 0.6) is 0 Å². The molecule has 0 amide bonds. The Morgan fingerprint density at radius 1 is 0.529 bits per heavy atom. The van der Waals surface area contributed by atoms with Crippen molar-refractivity contribution in [3.8, 4) is 0 Å². The number of nitrogens with one attached hydrogen (secondary N) is 3. The SMILES string of the molecule is SC1(OB(OC2(S)Nc3ccccc3S2)OC2(S)Nc3ccccc3S2)Nc2ccccc2S1. The number of thiol groups is 3. The number of para-hydroxylation sites is 3. The summed E-state index contributed by atoms with van der Waals surface area (Å²) < 4.78 is 15.5. The third kappa shape index (κ3) is 4.74. The smallest absolute Gasteiger partial charge is 0.345 e. The van der Waals surface area contributed by atoms with Gasteiger partial charge in [0, 0.05) is 14.7 Å². The van der Waals surface area contributed by atoms with E-state index in [-0.39, 0.29) is 0 Å². The van der Waals surface area contributed by atoms with Gasteiger partial charge in [-0.25, -0.2) is 0 Å². The van der Waals surface area contributed by atoms with E-state index in [1.807, 2.05) is 72.8 Å². The summed E-state index contributed by atoms with van der Waals surface area (Å²) in [6.45, 7) is 0. The monoisotopic (exact) mass is 563 g/mol. The fourth-order valence-electron chi connectivity index (χ4n) is 3.63. The van der Waals surface area contributed by atoms with E-state index in [4.69, 9.17) is 51.8 Å². The molecule has 3 atom stereocenters. The average molecular weight is 564 g/mol. The van der Waals surface area contributed by atoms with Crippen LogP contribution in [-0.2, 0) is 14.0 Å². The highest BCUT2D eigenvalue weighted by molar-refractivity contribution is 8.12. The van der Waals surface area contributed by atoms with Gasteiger partial charge in [-0.15, -0.1) is 37.9 Å². The molecule has 0 saturated carbocycles. The van der Waals surface area contributed by atoms with Crippen molar-refractivity contribution in [2.75, 3.05) is 16.0 Å². The molecule has 13 heteroatoms. The Kier molecular flexibility index (Phi) is 6.15. The number of fused-ring (bicyclic) bond motifs is 3. The summed E-state index contributed by atoms with van der Waals surface area (Å²) in [5.41, 5.74) is 2.76. The zero-order chi connectivity index (χ0) is 23.4. The maximum Gasteiger partial charge on any atom is 0.648 e. The predicted molar refractivity (Wildman–Crippen MR) is 152 cm³/mol. The van der Waals surface area contributed by atoms with Gasteiger partial charge in [0.25, 0.3) is 0 Å². The Labute approximate surface area is 226 Å². The highest BCUT2D eigenvalue weighted by Gasteiger charge is 2.51. The van der Waals surface area contributed by atoms with Crippen molar-refractivity contribution in [3.05, 3.63) is 72.8 Å². The Balaban J connectivity index is 1.24. The van der Waals surface area contributed by atoms with Gasteiger partial charge in [0.2, 0.25) is 13.2 Å². The van der Waals surface area contributed by atoms with E-state index in [9.17, 15) is 0 Å². The summed E-state index contributed by atoms with van der Waals surface area (Å²) in [6, 6.07) is 23.7. The van der Waals surface area contributed by atoms with Crippen LogP contribution in [0.15, 0.2) is 87.5 Å². The zero-order valence-electron chi connectivity index (χ0n) is 17.3. The molecule has 0 fully saturated rings. The summed E-state index contributed by atoms with van der Waals surface area (Å²) in [4.78, 5) is 3.04. The first kappa shape index (κ1) is 23.5. The van der Waals surface area contributed by atoms with Crippen LogP contribution in [0.4, 0.5) is 17.1 Å². The van der Waals surface area contributed by atoms with Crippen LogP contribution in [0.3, 0.4) is 0 Å². The lowest BCUT2D eigenvalue weighted by atomic mass is 10.2. The van der Waals surface area contributed by atoms with Crippen LogP contribution in [0.1, 0.15) is 0 Å². The van der Waals surface area contributed by atoms with Crippen LogP contribution in [0, 0.1) is 0 Å². The Bertz CT molecular complexity index is 1030.